The summed E-state index contributed by atoms with van der Waals surface area (Å²) in [6.45, 7) is 1.17. The van der Waals surface area contributed by atoms with E-state index >= 15 is 0 Å². The summed E-state index contributed by atoms with van der Waals surface area (Å²) in [5, 5.41) is 13.0. The predicted octanol–water partition coefficient (Wildman–Crippen LogP) is 7.54. The first-order chi connectivity index (χ1) is 20.0. The van der Waals surface area contributed by atoms with Gasteiger partial charge in [0.25, 0.3) is 5.91 Å². The monoisotopic (exact) mass is 581 g/mol. The molecule has 6 nitrogen and oxygen atoms in total. The number of aromatic nitrogens is 1. The lowest BCUT2D eigenvalue weighted by atomic mass is 10.1. The molecule has 0 atom stereocenters. The van der Waals surface area contributed by atoms with E-state index in [2.05, 4.69) is 34.5 Å². The molecular weight excluding hydrogens is 554 g/mol. The van der Waals surface area contributed by atoms with Crippen molar-refractivity contribution in [1.82, 2.24) is 10.3 Å². The Morgan fingerprint density at radius 2 is 1.44 bits per heavy atom. The molecule has 0 fully saturated rings. The zero-order chi connectivity index (χ0) is 28.6. The molecule has 5 rings (SSSR count). The smallest absolute Gasteiger partial charge is 0.305 e. The average Bonchev–Trinajstić information content (AvgIpc) is 3.45. The standard InChI is InChI=1S/C33H28ClN3O3S/c34-28-14-8-7-13-27(28)22-37(21-23-15-17-26(18-16-23)32(40)35-20-19-29(38)39)33-36-30(24-9-3-1-4-10-24)31(41-33)25-11-5-2-6-12-25/h1-18H,19-22H2,(H,35,40)(H,38,39). The summed E-state index contributed by atoms with van der Waals surface area (Å²) in [4.78, 5) is 31.6. The highest BCUT2D eigenvalue weighted by molar-refractivity contribution is 7.19. The number of nitrogens with one attached hydrogen (secondary N) is 1. The first-order valence-electron chi connectivity index (χ1n) is 13.2. The van der Waals surface area contributed by atoms with Gasteiger partial charge in [-0.2, -0.15) is 0 Å². The van der Waals surface area contributed by atoms with Crippen molar-refractivity contribution >= 4 is 39.9 Å². The summed E-state index contributed by atoms with van der Waals surface area (Å²) in [7, 11) is 0. The minimum atomic E-state index is -0.952. The van der Waals surface area contributed by atoms with E-state index in [1.165, 1.54) is 0 Å². The van der Waals surface area contributed by atoms with Crippen molar-refractivity contribution in [2.24, 2.45) is 0 Å². The lowest BCUT2D eigenvalue weighted by Gasteiger charge is -2.23. The Hall–Kier alpha value is -4.46. The number of carboxylic acid groups (broad SMARTS) is 1. The second-order valence-electron chi connectivity index (χ2n) is 9.45. The third kappa shape index (κ3) is 7.20. The molecule has 0 saturated carbocycles. The van der Waals surface area contributed by atoms with Crippen LogP contribution in [-0.2, 0) is 17.9 Å². The number of carbonyl (C=O) groups excluding carboxylic acids is 1. The zero-order valence-electron chi connectivity index (χ0n) is 22.2. The van der Waals surface area contributed by atoms with E-state index in [0.29, 0.717) is 23.7 Å². The minimum Gasteiger partial charge on any atom is -0.481 e. The lowest BCUT2D eigenvalue weighted by Crippen LogP contribution is -2.26. The van der Waals surface area contributed by atoms with Gasteiger partial charge in [0.15, 0.2) is 5.13 Å². The Morgan fingerprint density at radius 1 is 0.805 bits per heavy atom. The van der Waals surface area contributed by atoms with Gasteiger partial charge in [-0.15, -0.1) is 0 Å². The Bertz CT molecular complexity index is 1570. The summed E-state index contributed by atoms with van der Waals surface area (Å²) in [6, 6.07) is 35.6. The molecule has 1 heterocycles. The molecule has 8 heteroatoms. The van der Waals surface area contributed by atoms with E-state index in [1.807, 2.05) is 72.8 Å². The van der Waals surface area contributed by atoms with Gasteiger partial charge in [0, 0.05) is 35.8 Å². The molecule has 0 aliphatic heterocycles. The second kappa shape index (κ2) is 13.3. The van der Waals surface area contributed by atoms with E-state index in [9.17, 15) is 9.59 Å². The van der Waals surface area contributed by atoms with Crippen molar-refractivity contribution in [1.29, 1.82) is 0 Å². The number of nitrogens with zero attached hydrogens (tertiary/aromatic N) is 2. The van der Waals surface area contributed by atoms with Crippen LogP contribution < -0.4 is 10.2 Å². The van der Waals surface area contributed by atoms with Crippen LogP contribution >= 0.6 is 22.9 Å². The van der Waals surface area contributed by atoms with E-state index in [0.717, 1.165) is 38.0 Å². The van der Waals surface area contributed by atoms with Gasteiger partial charge in [0.05, 0.1) is 17.0 Å². The van der Waals surface area contributed by atoms with Gasteiger partial charge in [-0.3, -0.25) is 9.59 Å². The number of rotatable bonds is 11. The molecule has 0 radical (unpaired) electrons. The number of hydrogen-bond acceptors (Lipinski definition) is 5. The van der Waals surface area contributed by atoms with E-state index in [4.69, 9.17) is 21.7 Å². The number of benzene rings is 4. The van der Waals surface area contributed by atoms with Crippen molar-refractivity contribution in [3.63, 3.8) is 0 Å². The van der Waals surface area contributed by atoms with Crippen molar-refractivity contribution in [3.8, 4) is 21.7 Å². The van der Waals surface area contributed by atoms with Crippen LogP contribution in [0, 0.1) is 0 Å². The van der Waals surface area contributed by atoms with Crippen LogP contribution in [0.4, 0.5) is 5.13 Å². The Morgan fingerprint density at radius 3 is 2.10 bits per heavy atom. The molecule has 0 saturated heterocycles. The van der Waals surface area contributed by atoms with E-state index < -0.39 is 5.97 Å². The normalized spacial score (nSPS) is 10.8. The Balaban J connectivity index is 1.48. The van der Waals surface area contributed by atoms with Gasteiger partial charge in [0.1, 0.15) is 0 Å². The predicted molar refractivity (Wildman–Crippen MR) is 165 cm³/mol. The highest BCUT2D eigenvalue weighted by Crippen LogP contribution is 2.41. The topological polar surface area (TPSA) is 82.5 Å². The molecule has 1 aromatic heterocycles. The molecule has 0 spiro atoms. The molecule has 5 aromatic rings. The maximum Gasteiger partial charge on any atom is 0.305 e. The van der Waals surface area contributed by atoms with Crippen LogP contribution in [0.3, 0.4) is 0 Å². The average molecular weight is 582 g/mol. The third-order valence-electron chi connectivity index (χ3n) is 6.50. The number of hydrogen-bond donors (Lipinski definition) is 2. The van der Waals surface area contributed by atoms with Crippen LogP contribution in [0.2, 0.25) is 5.02 Å². The Kier molecular flexibility index (Phi) is 9.08. The molecule has 41 heavy (non-hydrogen) atoms. The largest absolute Gasteiger partial charge is 0.481 e. The fourth-order valence-electron chi connectivity index (χ4n) is 4.41. The van der Waals surface area contributed by atoms with Crippen LogP contribution in [0.25, 0.3) is 21.7 Å². The fourth-order valence-corrected chi connectivity index (χ4v) is 5.70. The van der Waals surface area contributed by atoms with Gasteiger partial charge in [-0.1, -0.05) is 114 Å². The maximum absolute atomic E-state index is 12.4. The van der Waals surface area contributed by atoms with Crippen molar-refractivity contribution in [2.75, 3.05) is 11.4 Å². The second-order valence-corrected chi connectivity index (χ2v) is 10.8. The van der Waals surface area contributed by atoms with Crippen molar-refractivity contribution in [3.05, 3.63) is 131 Å². The number of carbonyl (C=O) groups is 2. The Labute approximate surface area is 247 Å². The highest BCUT2D eigenvalue weighted by Gasteiger charge is 2.20. The van der Waals surface area contributed by atoms with Gasteiger partial charge < -0.3 is 15.3 Å². The van der Waals surface area contributed by atoms with Crippen LogP contribution in [0.1, 0.15) is 27.9 Å². The van der Waals surface area contributed by atoms with Crippen LogP contribution in [0.15, 0.2) is 109 Å². The highest BCUT2D eigenvalue weighted by atomic mass is 35.5. The summed E-state index contributed by atoms with van der Waals surface area (Å²) in [6.07, 6.45) is -0.120. The van der Waals surface area contributed by atoms with E-state index in [1.54, 1.807) is 23.5 Å². The van der Waals surface area contributed by atoms with E-state index in [-0.39, 0.29) is 18.9 Å². The third-order valence-corrected chi connectivity index (χ3v) is 8.04. The molecule has 1 amide bonds. The van der Waals surface area contributed by atoms with Crippen LogP contribution in [-0.4, -0.2) is 28.5 Å². The van der Waals surface area contributed by atoms with Gasteiger partial charge in [-0.25, -0.2) is 4.98 Å². The summed E-state index contributed by atoms with van der Waals surface area (Å²) in [5.41, 5.74) is 5.53. The van der Waals surface area contributed by atoms with Gasteiger partial charge in [-0.05, 0) is 34.9 Å². The fraction of sp³-hybridized carbons (Fsp3) is 0.121. The maximum atomic E-state index is 12.4. The molecule has 4 aromatic carbocycles. The number of halogens is 1. The summed E-state index contributed by atoms with van der Waals surface area (Å²) in [5.74, 6) is -1.25. The molecule has 2 N–H and O–H groups in total. The lowest BCUT2D eigenvalue weighted by molar-refractivity contribution is -0.136. The number of amides is 1. The molecule has 0 aliphatic carbocycles. The molecule has 206 valence electrons. The number of anilines is 1. The van der Waals surface area contributed by atoms with Crippen molar-refractivity contribution in [2.45, 2.75) is 19.5 Å². The summed E-state index contributed by atoms with van der Waals surface area (Å²) < 4.78 is 0. The minimum absolute atomic E-state index is 0.0824. The molecule has 0 unspecified atom stereocenters. The SMILES string of the molecule is O=C(O)CCNC(=O)c1ccc(CN(Cc2ccccc2Cl)c2nc(-c3ccccc3)c(-c3ccccc3)s2)cc1. The van der Waals surface area contributed by atoms with Crippen LogP contribution in [0.5, 0.6) is 0 Å². The first kappa shape index (κ1) is 28.1. The molecular formula is C33H28ClN3O3S. The quantitative estimate of drug-likeness (QED) is 0.168. The van der Waals surface area contributed by atoms with Gasteiger partial charge >= 0.3 is 5.97 Å². The number of aliphatic carboxylic acids is 1. The zero-order valence-corrected chi connectivity index (χ0v) is 23.7. The van der Waals surface area contributed by atoms with Gasteiger partial charge in [0.2, 0.25) is 0 Å². The summed E-state index contributed by atoms with van der Waals surface area (Å²) >= 11 is 8.22. The first-order valence-corrected chi connectivity index (χ1v) is 14.4. The van der Waals surface area contributed by atoms with Crippen molar-refractivity contribution < 1.29 is 14.7 Å². The number of carboxylic acids is 1. The molecule has 0 aliphatic rings. The number of thiazole rings is 1. The molecule has 0 bridgehead atoms.